The van der Waals surface area contributed by atoms with Gasteiger partial charge in [-0.05, 0) is 44.3 Å². The maximum absolute atomic E-state index is 12.5. The van der Waals surface area contributed by atoms with Crippen molar-refractivity contribution in [2.24, 2.45) is 0 Å². The SMILES string of the molecule is Cc1ccc(S(=O)(=O)NCC(O[Si](C)(C)C)c2ccccc2)cc1. The number of sulfonamides is 1. The monoisotopic (exact) mass is 363 g/mol. The summed E-state index contributed by atoms with van der Waals surface area (Å²) in [5, 5.41) is 0. The first kappa shape index (κ1) is 18.9. The van der Waals surface area contributed by atoms with Crippen molar-refractivity contribution in [3.63, 3.8) is 0 Å². The van der Waals surface area contributed by atoms with E-state index in [0.717, 1.165) is 11.1 Å². The van der Waals surface area contributed by atoms with E-state index in [4.69, 9.17) is 4.43 Å². The smallest absolute Gasteiger partial charge is 0.240 e. The molecule has 0 amide bonds. The topological polar surface area (TPSA) is 55.4 Å². The van der Waals surface area contributed by atoms with Crippen LogP contribution in [0.2, 0.25) is 19.6 Å². The predicted molar refractivity (Wildman–Crippen MR) is 100.0 cm³/mol. The molecule has 4 nitrogen and oxygen atoms in total. The third kappa shape index (κ3) is 5.56. The van der Waals surface area contributed by atoms with Crippen molar-refractivity contribution >= 4 is 18.3 Å². The second-order valence-electron chi connectivity index (χ2n) is 6.79. The number of nitrogens with one attached hydrogen (secondary N) is 1. The van der Waals surface area contributed by atoms with Crippen LogP contribution in [0, 0.1) is 6.92 Å². The molecular formula is C18H25NO3SSi. The van der Waals surface area contributed by atoms with E-state index in [-0.39, 0.29) is 17.5 Å². The lowest BCUT2D eigenvalue weighted by Gasteiger charge is -2.27. The normalized spacial score (nSPS) is 13.7. The van der Waals surface area contributed by atoms with E-state index >= 15 is 0 Å². The van der Waals surface area contributed by atoms with Crippen LogP contribution < -0.4 is 4.72 Å². The molecule has 0 saturated carbocycles. The minimum atomic E-state index is -3.55. The molecule has 24 heavy (non-hydrogen) atoms. The average molecular weight is 364 g/mol. The summed E-state index contributed by atoms with van der Waals surface area (Å²) in [6.45, 7) is 8.42. The van der Waals surface area contributed by atoms with Crippen molar-refractivity contribution in [1.29, 1.82) is 0 Å². The summed E-state index contributed by atoms with van der Waals surface area (Å²) in [4.78, 5) is 0.271. The molecule has 0 saturated heterocycles. The van der Waals surface area contributed by atoms with Crippen LogP contribution in [0.15, 0.2) is 59.5 Å². The van der Waals surface area contributed by atoms with Gasteiger partial charge in [-0.15, -0.1) is 0 Å². The van der Waals surface area contributed by atoms with Crippen molar-refractivity contribution in [1.82, 2.24) is 4.72 Å². The van der Waals surface area contributed by atoms with Gasteiger partial charge < -0.3 is 4.43 Å². The quantitative estimate of drug-likeness (QED) is 0.760. The zero-order valence-corrected chi connectivity index (χ0v) is 16.4. The predicted octanol–water partition coefficient (Wildman–Crippen LogP) is 3.87. The lowest BCUT2D eigenvalue weighted by Crippen LogP contribution is -2.35. The Kier molecular flexibility index (Phi) is 5.98. The summed E-state index contributed by atoms with van der Waals surface area (Å²) in [5.41, 5.74) is 2.00. The average Bonchev–Trinajstić information content (AvgIpc) is 2.52. The Balaban J connectivity index is 2.16. The molecular weight excluding hydrogens is 338 g/mol. The standard InChI is InChI=1S/C18H25NO3SSi/c1-15-10-12-17(13-11-15)23(20,21)19-14-18(22-24(2,3)4)16-8-6-5-7-9-16/h5-13,18-19H,14H2,1-4H3. The summed E-state index contributed by atoms with van der Waals surface area (Å²) in [7, 11) is -5.37. The van der Waals surface area contributed by atoms with E-state index in [0.29, 0.717) is 0 Å². The van der Waals surface area contributed by atoms with Crippen molar-refractivity contribution in [3.05, 3.63) is 65.7 Å². The lowest BCUT2D eigenvalue weighted by molar-refractivity contribution is 0.201. The molecule has 0 heterocycles. The molecule has 0 fully saturated rings. The third-order valence-corrected chi connectivity index (χ3v) is 5.89. The fourth-order valence-electron chi connectivity index (χ4n) is 2.31. The highest BCUT2D eigenvalue weighted by molar-refractivity contribution is 7.89. The van der Waals surface area contributed by atoms with Crippen LogP contribution in [0.3, 0.4) is 0 Å². The number of rotatable bonds is 7. The van der Waals surface area contributed by atoms with E-state index in [9.17, 15) is 8.42 Å². The molecule has 0 aromatic heterocycles. The summed E-state index contributed by atoms with van der Waals surface area (Å²) >= 11 is 0. The zero-order chi connectivity index (χ0) is 17.8. The van der Waals surface area contributed by atoms with Gasteiger partial charge in [-0.3, -0.25) is 0 Å². The molecule has 6 heteroatoms. The first-order valence-electron chi connectivity index (χ1n) is 7.96. The second-order valence-corrected chi connectivity index (χ2v) is 13.0. The van der Waals surface area contributed by atoms with E-state index < -0.39 is 18.3 Å². The number of hydrogen-bond acceptors (Lipinski definition) is 3. The zero-order valence-electron chi connectivity index (χ0n) is 14.6. The molecule has 0 aliphatic heterocycles. The van der Waals surface area contributed by atoms with Crippen LogP contribution in [0.4, 0.5) is 0 Å². The van der Waals surface area contributed by atoms with E-state index in [1.165, 1.54) is 0 Å². The lowest BCUT2D eigenvalue weighted by atomic mass is 10.1. The number of hydrogen-bond donors (Lipinski definition) is 1. The highest BCUT2D eigenvalue weighted by Gasteiger charge is 2.24. The Morgan fingerprint density at radius 1 is 1.00 bits per heavy atom. The van der Waals surface area contributed by atoms with Gasteiger partial charge in [0.15, 0.2) is 8.32 Å². The van der Waals surface area contributed by atoms with Gasteiger partial charge in [0.1, 0.15) is 0 Å². The Hall–Kier alpha value is -1.47. The molecule has 0 radical (unpaired) electrons. The van der Waals surface area contributed by atoms with Crippen LogP contribution in [0.5, 0.6) is 0 Å². The molecule has 130 valence electrons. The Bertz CT molecular complexity index is 753. The minimum Gasteiger partial charge on any atom is -0.409 e. The van der Waals surface area contributed by atoms with Gasteiger partial charge in [0.05, 0.1) is 11.0 Å². The van der Waals surface area contributed by atoms with Gasteiger partial charge in [-0.1, -0.05) is 48.0 Å². The molecule has 2 aromatic rings. The summed E-state index contributed by atoms with van der Waals surface area (Å²) in [6, 6.07) is 16.6. The van der Waals surface area contributed by atoms with Gasteiger partial charge in [0, 0.05) is 6.54 Å². The molecule has 0 aliphatic carbocycles. The van der Waals surface area contributed by atoms with Crippen LogP contribution in [0.1, 0.15) is 17.2 Å². The van der Waals surface area contributed by atoms with E-state index in [1.54, 1.807) is 24.3 Å². The minimum absolute atomic E-state index is 0.213. The fraction of sp³-hybridized carbons (Fsp3) is 0.333. The second kappa shape index (κ2) is 7.61. The van der Waals surface area contributed by atoms with Gasteiger partial charge >= 0.3 is 0 Å². The van der Waals surface area contributed by atoms with Gasteiger partial charge in [0.25, 0.3) is 0 Å². The molecule has 0 aliphatic rings. The van der Waals surface area contributed by atoms with Gasteiger partial charge in [-0.2, -0.15) is 0 Å². The first-order chi connectivity index (χ1) is 11.2. The van der Waals surface area contributed by atoms with Crippen LogP contribution in [0.25, 0.3) is 0 Å². The number of benzene rings is 2. The molecule has 1 atom stereocenters. The van der Waals surface area contributed by atoms with Crippen molar-refractivity contribution < 1.29 is 12.8 Å². The summed E-state index contributed by atoms with van der Waals surface area (Å²) in [6.07, 6.45) is -0.293. The van der Waals surface area contributed by atoms with Gasteiger partial charge in [-0.25, -0.2) is 13.1 Å². The van der Waals surface area contributed by atoms with E-state index in [1.807, 2.05) is 37.3 Å². The third-order valence-electron chi connectivity index (χ3n) is 3.46. The first-order valence-corrected chi connectivity index (χ1v) is 12.9. The van der Waals surface area contributed by atoms with Crippen molar-refractivity contribution in [2.45, 2.75) is 37.6 Å². The maximum Gasteiger partial charge on any atom is 0.240 e. The molecule has 0 bridgehead atoms. The summed E-state index contributed by atoms with van der Waals surface area (Å²) in [5.74, 6) is 0. The van der Waals surface area contributed by atoms with Crippen molar-refractivity contribution in [2.75, 3.05) is 6.54 Å². The van der Waals surface area contributed by atoms with Crippen LogP contribution >= 0.6 is 0 Å². The Morgan fingerprint density at radius 2 is 1.58 bits per heavy atom. The fourth-order valence-corrected chi connectivity index (χ4v) is 4.41. The van der Waals surface area contributed by atoms with Crippen LogP contribution in [-0.4, -0.2) is 23.3 Å². The largest absolute Gasteiger partial charge is 0.409 e. The Labute approximate surface area is 146 Å². The molecule has 0 spiro atoms. The van der Waals surface area contributed by atoms with Gasteiger partial charge in [0.2, 0.25) is 10.0 Å². The molecule has 2 rings (SSSR count). The molecule has 1 unspecified atom stereocenters. The van der Waals surface area contributed by atoms with E-state index in [2.05, 4.69) is 24.4 Å². The molecule has 2 aromatic carbocycles. The highest BCUT2D eigenvalue weighted by Crippen LogP contribution is 2.22. The molecule has 1 N–H and O–H groups in total. The van der Waals surface area contributed by atoms with Crippen LogP contribution in [-0.2, 0) is 14.4 Å². The summed E-state index contributed by atoms with van der Waals surface area (Å²) < 4.78 is 33.9. The highest BCUT2D eigenvalue weighted by atomic mass is 32.2. The Morgan fingerprint density at radius 3 is 2.12 bits per heavy atom. The maximum atomic E-state index is 12.5. The van der Waals surface area contributed by atoms with Crippen molar-refractivity contribution in [3.8, 4) is 0 Å². The number of aryl methyl sites for hydroxylation is 1.